The van der Waals surface area contributed by atoms with Crippen molar-refractivity contribution >= 4 is 23.2 Å². The first-order valence-electron chi connectivity index (χ1n) is 5.11. The number of amides is 2. The Morgan fingerprint density at radius 3 is 2.88 bits per heavy atom. The van der Waals surface area contributed by atoms with Crippen LogP contribution in [-0.4, -0.2) is 29.8 Å². The number of hydrogen-bond acceptors (Lipinski definition) is 3. The van der Waals surface area contributed by atoms with Crippen molar-refractivity contribution in [2.75, 3.05) is 24.1 Å². The average molecular weight is 219 g/mol. The van der Waals surface area contributed by atoms with E-state index in [4.69, 9.17) is 5.73 Å². The first-order chi connectivity index (χ1) is 7.63. The Morgan fingerprint density at radius 2 is 2.19 bits per heavy atom. The molecule has 0 saturated carbocycles. The summed E-state index contributed by atoms with van der Waals surface area (Å²) in [5, 5.41) is 2.68. The summed E-state index contributed by atoms with van der Waals surface area (Å²) < 4.78 is 0. The molecule has 1 heterocycles. The number of nitrogens with one attached hydrogen (secondary N) is 1. The number of rotatable bonds is 1. The van der Waals surface area contributed by atoms with Crippen LogP contribution in [0.25, 0.3) is 0 Å². The van der Waals surface area contributed by atoms with Gasteiger partial charge in [0.1, 0.15) is 6.54 Å². The van der Waals surface area contributed by atoms with Crippen molar-refractivity contribution < 1.29 is 9.59 Å². The van der Waals surface area contributed by atoms with Gasteiger partial charge in [-0.05, 0) is 19.1 Å². The lowest BCUT2D eigenvalue weighted by Crippen LogP contribution is -2.34. The van der Waals surface area contributed by atoms with E-state index in [0.29, 0.717) is 23.5 Å². The van der Waals surface area contributed by atoms with Crippen molar-refractivity contribution in [3.63, 3.8) is 0 Å². The van der Waals surface area contributed by atoms with Gasteiger partial charge in [0.2, 0.25) is 5.91 Å². The van der Waals surface area contributed by atoms with Crippen molar-refractivity contribution in [1.29, 1.82) is 0 Å². The van der Waals surface area contributed by atoms with Crippen molar-refractivity contribution in [2.24, 2.45) is 0 Å². The van der Waals surface area contributed by atoms with E-state index in [1.807, 2.05) is 6.92 Å². The Labute approximate surface area is 93.2 Å². The number of hydrogen-bond donors (Lipinski definition) is 2. The molecule has 0 unspecified atom stereocenters. The Morgan fingerprint density at radius 1 is 1.44 bits per heavy atom. The Bertz CT molecular complexity index is 457. The van der Waals surface area contributed by atoms with Crippen LogP contribution < -0.4 is 11.1 Å². The number of carbonyl (C=O) groups excluding carboxylic acids is 2. The fraction of sp³-hybridized carbons (Fsp3) is 0.273. The average Bonchev–Trinajstić information content (AvgIpc) is 2.36. The van der Waals surface area contributed by atoms with Crippen LogP contribution in [0.1, 0.15) is 17.3 Å². The molecule has 1 aromatic rings. The van der Waals surface area contributed by atoms with Crippen molar-refractivity contribution in [1.82, 2.24) is 4.90 Å². The standard InChI is InChI=1S/C11H13N3O2/c1-2-14-6-9(15)13-8-5-3-4-7(12)10(8)11(14)16/h3-5H,2,6,12H2,1H3,(H,13,15). The minimum atomic E-state index is -0.200. The van der Waals surface area contributed by atoms with E-state index in [2.05, 4.69) is 5.32 Å². The smallest absolute Gasteiger partial charge is 0.258 e. The van der Waals surface area contributed by atoms with Gasteiger partial charge in [0, 0.05) is 12.2 Å². The molecule has 0 atom stereocenters. The normalized spacial score (nSPS) is 15.4. The molecule has 0 saturated heterocycles. The quantitative estimate of drug-likeness (QED) is 0.682. The monoisotopic (exact) mass is 219 g/mol. The highest BCUT2D eigenvalue weighted by Crippen LogP contribution is 2.25. The lowest BCUT2D eigenvalue weighted by Gasteiger charge is -2.17. The molecule has 0 radical (unpaired) electrons. The molecule has 0 aromatic heterocycles. The molecule has 0 spiro atoms. The molecular formula is C11H13N3O2. The second kappa shape index (κ2) is 3.84. The molecule has 2 rings (SSSR count). The fourth-order valence-electron chi connectivity index (χ4n) is 1.76. The molecule has 84 valence electrons. The molecule has 2 amide bonds. The van der Waals surface area contributed by atoms with Crippen LogP contribution in [0.5, 0.6) is 0 Å². The molecule has 0 aliphatic carbocycles. The number of nitrogen functional groups attached to an aromatic ring is 1. The summed E-state index contributed by atoms with van der Waals surface area (Å²) in [5.74, 6) is -0.395. The highest BCUT2D eigenvalue weighted by Gasteiger charge is 2.26. The maximum Gasteiger partial charge on any atom is 0.258 e. The number of fused-ring (bicyclic) bond motifs is 1. The predicted octanol–water partition coefficient (Wildman–Crippen LogP) is 0.683. The van der Waals surface area contributed by atoms with E-state index in [-0.39, 0.29) is 18.4 Å². The third-order valence-electron chi connectivity index (χ3n) is 2.59. The van der Waals surface area contributed by atoms with Gasteiger partial charge < -0.3 is 16.0 Å². The fourth-order valence-corrected chi connectivity index (χ4v) is 1.76. The summed E-state index contributed by atoms with van der Waals surface area (Å²) in [6.07, 6.45) is 0. The van der Waals surface area contributed by atoms with Gasteiger partial charge in [-0.15, -0.1) is 0 Å². The minimum absolute atomic E-state index is 0.0729. The minimum Gasteiger partial charge on any atom is -0.398 e. The van der Waals surface area contributed by atoms with Crippen LogP contribution in [0.4, 0.5) is 11.4 Å². The largest absolute Gasteiger partial charge is 0.398 e. The molecule has 16 heavy (non-hydrogen) atoms. The summed E-state index contributed by atoms with van der Waals surface area (Å²) >= 11 is 0. The van der Waals surface area contributed by atoms with Crippen LogP contribution in [-0.2, 0) is 4.79 Å². The summed E-state index contributed by atoms with van der Waals surface area (Å²) in [6.45, 7) is 2.39. The number of nitrogens with two attached hydrogens (primary N) is 1. The summed E-state index contributed by atoms with van der Waals surface area (Å²) in [4.78, 5) is 25.1. The first kappa shape index (κ1) is 10.5. The van der Waals surface area contributed by atoms with Gasteiger partial charge in [-0.3, -0.25) is 9.59 Å². The van der Waals surface area contributed by atoms with E-state index in [0.717, 1.165) is 0 Å². The lowest BCUT2D eigenvalue weighted by atomic mass is 10.1. The summed E-state index contributed by atoms with van der Waals surface area (Å²) in [5.41, 5.74) is 7.03. The number of carbonyl (C=O) groups is 2. The zero-order valence-electron chi connectivity index (χ0n) is 8.99. The molecule has 5 nitrogen and oxygen atoms in total. The molecule has 1 aliphatic heterocycles. The van der Waals surface area contributed by atoms with Gasteiger partial charge in [-0.25, -0.2) is 0 Å². The van der Waals surface area contributed by atoms with Crippen LogP contribution >= 0.6 is 0 Å². The summed E-state index contributed by atoms with van der Waals surface area (Å²) in [7, 11) is 0. The van der Waals surface area contributed by atoms with E-state index in [1.54, 1.807) is 18.2 Å². The Hall–Kier alpha value is -2.04. The maximum atomic E-state index is 12.1. The summed E-state index contributed by atoms with van der Waals surface area (Å²) in [6, 6.07) is 5.05. The first-order valence-corrected chi connectivity index (χ1v) is 5.11. The lowest BCUT2D eigenvalue weighted by molar-refractivity contribution is -0.116. The van der Waals surface area contributed by atoms with Gasteiger partial charge in [0.15, 0.2) is 0 Å². The zero-order valence-corrected chi connectivity index (χ0v) is 8.99. The van der Waals surface area contributed by atoms with E-state index < -0.39 is 0 Å². The second-order valence-electron chi connectivity index (χ2n) is 3.64. The predicted molar refractivity (Wildman–Crippen MR) is 61.1 cm³/mol. The van der Waals surface area contributed by atoms with Gasteiger partial charge in [0.25, 0.3) is 5.91 Å². The van der Waals surface area contributed by atoms with Gasteiger partial charge in [0.05, 0.1) is 11.3 Å². The van der Waals surface area contributed by atoms with Crippen LogP contribution in [0.3, 0.4) is 0 Å². The Kier molecular flexibility index (Phi) is 2.52. The number of nitrogens with zero attached hydrogens (tertiary/aromatic N) is 1. The van der Waals surface area contributed by atoms with Crippen LogP contribution in [0.2, 0.25) is 0 Å². The second-order valence-corrected chi connectivity index (χ2v) is 3.64. The van der Waals surface area contributed by atoms with Gasteiger partial charge in [-0.2, -0.15) is 0 Å². The SMILES string of the molecule is CCN1CC(=O)Nc2cccc(N)c2C1=O. The van der Waals surface area contributed by atoms with Crippen LogP contribution in [0, 0.1) is 0 Å². The highest BCUT2D eigenvalue weighted by molar-refractivity contribution is 6.11. The molecule has 0 fully saturated rings. The third-order valence-corrected chi connectivity index (χ3v) is 2.59. The molecule has 1 aliphatic rings. The van der Waals surface area contributed by atoms with Crippen molar-refractivity contribution in [3.8, 4) is 0 Å². The highest BCUT2D eigenvalue weighted by atomic mass is 16.2. The third kappa shape index (κ3) is 1.60. The van der Waals surface area contributed by atoms with E-state index >= 15 is 0 Å². The molecule has 1 aromatic carbocycles. The van der Waals surface area contributed by atoms with E-state index in [9.17, 15) is 9.59 Å². The molecule has 5 heteroatoms. The van der Waals surface area contributed by atoms with Crippen molar-refractivity contribution in [2.45, 2.75) is 6.92 Å². The molecule has 0 bridgehead atoms. The zero-order chi connectivity index (χ0) is 11.7. The Balaban J connectivity index is 2.56. The van der Waals surface area contributed by atoms with Crippen LogP contribution in [0.15, 0.2) is 18.2 Å². The number of likely N-dealkylation sites (N-methyl/N-ethyl adjacent to an activating group) is 1. The molecular weight excluding hydrogens is 206 g/mol. The number of benzene rings is 1. The maximum absolute atomic E-state index is 12.1. The van der Waals surface area contributed by atoms with E-state index in [1.165, 1.54) is 4.90 Å². The topological polar surface area (TPSA) is 75.4 Å². The molecule has 3 N–H and O–H groups in total. The van der Waals surface area contributed by atoms with Gasteiger partial charge >= 0.3 is 0 Å². The van der Waals surface area contributed by atoms with Gasteiger partial charge in [-0.1, -0.05) is 6.07 Å². The number of anilines is 2. The van der Waals surface area contributed by atoms with Crippen molar-refractivity contribution in [3.05, 3.63) is 23.8 Å².